The van der Waals surface area contributed by atoms with Crippen molar-refractivity contribution in [3.05, 3.63) is 48.0 Å². The summed E-state index contributed by atoms with van der Waals surface area (Å²) in [6, 6.07) is 16.4. The fourth-order valence-electron chi connectivity index (χ4n) is 5.45. The van der Waals surface area contributed by atoms with Crippen LogP contribution in [0.3, 0.4) is 0 Å². The van der Waals surface area contributed by atoms with Crippen molar-refractivity contribution >= 4 is 26.6 Å². The molecule has 1 aromatic heterocycles. The lowest BCUT2D eigenvalue weighted by Gasteiger charge is -2.31. The summed E-state index contributed by atoms with van der Waals surface area (Å²) in [6.45, 7) is 1.85. The zero-order valence-electron chi connectivity index (χ0n) is 19.7. The van der Waals surface area contributed by atoms with E-state index < -0.39 is 10.0 Å². The number of hydrogen-bond acceptors (Lipinski definition) is 5. The molecule has 3 aromatic rings. The highest BCUT2D eigenvalue weighted by Gasteiger charge is 2.29. The van der Waals surface area contributed by atoms with E-state index in [1.54, 1.807) is 0 Å². The Morgan fingerprint density at radius 1 is 1.03 bits per heavy atom. The van der Waals surface area contributed by atoms with E-state index in [0.29, 0.717) is 36.9 Å². The summed E-state index contributed by atoms with van der Waals surface area (Å²) >= 11 is 0. The highest BCUT2D eigenvalue weighted by Crippen LogP contribution is 2.43. The summed E-state index contributed by atoms with van der Waals surface area (Å²) in [5, 5.41) is 11.1. The standard InChI is InChI=1S/C27H29N3O4S/c28-17-25-24-11-10-22(34-23-12-14-33-18-23)16-26(24)30(21-4-3-5-21)27(25)19-6-8-20(9-7-19)29-13-1-2-15-35(29,31)32/h6-11,16,21,23H,1-5,12-15,18H2/t23-/m0/s1. The molecule has 0 spiro atoms. The maximum absolute atomic E-state index is 12.6. The normalized spacial score (nSPS) is 22.1. The lowest BCUT2D eigenvalue weighted by molar-refractivity contribution is 0.141. The van der Waals surface area contributed by atoms with E-state index in [4.69, 9.17) is 9.47 Å². The van der Waals surface area contributed by atoms with E-state index in [1.165, 1.54) is 10.7 Å². The molecule has 2 aromatic carbocycles. The summed E-state index contributed by atoms with van der Waals surface area (Å²) in [6.07, 6.45) is 5.85. The largest absolute Gasteiger partial charge is 0.488 e. The predicted molar refractivity (Wildman–Crippen MR) is 135 cm³/mol. The van der Waals surface area contributed by atoms with Crippen molar-refractivity contribution in [3.63, 3.8) is 0 Å². The van der Waals surface area contributed by atoms with Crippen LogP contribution in [0.2, 0.25) is 0 Å². The molecule has 7 nitrogen and oxygen atoms in total. The summed E-state index contributed by atoms with van der Waals surface area (Å²) in [4.78, 5) is 0. The average Bonchev–Trinajstić information content (AvgIpc) is 3.44. The number of sulfonamides is 1. The Morgan fingerprint density at radius 3 is 2.51 bits per heavy atom. The zero-order valence-corrected chi connectivity index (χ0v) is 20.5. The summed E-state index contributed by atoms with van der Waals surface area (Å²) in [7, 11) is -3.27. The van der Waals surface area contributed by atoms with Crippen molar-refractivity contribution in [2.75, 3.05) is 29.8 Å². The summed E-state index contributed by atoms with van der Waals surface area (Å²) in [5.41, 5.74) is 4.19. The summed E-state index contributed by atoms with van der Waals surface area (Å²) in [5.74, 6) is 0.994. The number of anilines is 1. The number of benzene rings is 2. The van der Waals surface area contributed by atoms with Crippen LogP contribution in [0.5, 0.6) is 5.75 Å². The Hall–Kier alpha value is -3.02. The third-order valence-electron chi connectivity index (χ3n) is 7.50. The quantitative estimate of drug-likeness (QED) is 0.501. The van der Waals surface area contributed by atoms with Gasteiger partial charge in [-0.2, -0.15) is 5.26 Å². The third kappa shape index (κ3) is 3.97. The minimum atomic E-state index is -3.27. The van der Waals surface area contributed by atoms with Crippen LogP contribution in [0.1, 0.15) is 50.1 Å². The van der Waals surface area contributed by atoms with Gasteiger partial charge in [-0.1, -0.05) is 12.1 Å². The molecule has 0 bridgehead atoms. The zero-order chi connectivity index (χ0) is 24.0. The van der Waals surface area contributed by atoms with Crippen LogP contribution in [0.4, 0.5) is 5.69 Å². The highest BCUT2D eigenvalue weighted by molar-refractivity contribution is 7.92. The number of nitrogens with zero attached hydrogens (tertiary/aromatic N) is 3. The molecule has 182 valence electrons. The molecular formula is C27H29N3O4S. The Bertz CT molecular complexity index is 1390. The first-order chi connectivity index (χ1) is 17.0. The van der Waals surface area contributed by atoms with E-state index in [9.17, 15) is 13.7 Å². The van der Waals surface area contributed by atoms with E-state index in [1.807, 2.05) is 36.4 Å². The first kappa shape index (κ1) is 22.4. The predicted octanol–water partition coefficient (Wildman–Crippen LogP) is 5.00. The molecule has 3 heterocycles. The Labute approximate surface area is 205 Å². The van der Waals surface area contributed by atoms with Gasteiger partial charge in [0.25, 0.3) is 0 Å². The number of ether oxygens (including phenoxy) is 2. The fraction of sp³-hybridized carbons (Fsp3) is 0.444. The van der Waals surface area contributed by atoms with Crippen LogP contribution in [-0.2, 0) is 14.8 Å². The van der Waals surface area contributed by atoms with Crippen molar-refractivity contribution in [3.8, 4) is 23.1 Å². The smallest absolute Gasteiger partial charge is 0.235 e. The lowest BCUT2D eigenvalue weighted by atomic mass is 9.92. The molecule has 3 fully saturated rings. The Morgan fingerprint density at radius 2 is 1.86 bits per heavy atom. The van der Waals surface area contributed by atoms with Crippen molar-refractivity contribution in [1.82, 2.24) is 4.57 Å². The maximum Gasteiger partial charge on any atom is 0.235 e. The van der Waals surface area contributed by atoms with Crippen molar-refractivity contribution in [1.29, 1.82) is 5.26 Å². The minimum Gasteiger partial charge on any atom is -0.488 e. The van der Waals surface area contributed by atoms with Gasteiger partial charge in [-0.15, -0.1) is 0 Å². The minimum absolute atomic E-state index is 0.0630. The lowest BCUT2D eigenvalue weighted by Crippen LogP contribution is -2.37. The third-order valence-corrected chi connectivity index (χ3v) is 9.37. The van der Waals surface area contributed by atoms with Crippen LogP contribution < -0.4 is 9.04 Å². The molecular weight excluding hydrogens is 462 g/mol. The molecule has 2 saturated heterocycles. The SMILES string of the molecule is N#Cc1c(-c2ccc(N3CCCCS3(=O)=O)cc2)n(C2CCC2)c2cc(O[C@H]3CCOC3)ccc12. The topological polar surface area (TPSA) is 84.6 Å². The molecule has 0 unspecified atom stereocenters. The van der Waals surface area contributed by atoms with E-state index >= 15 is 0 Å². The Balaban J connectivity index is 1.43. The van der Waals surface area contributed by atoms with Crippen LogP contribution in [0.15, 0.2) is 42.5 Å². The second-order valence-electron chi connectivity index (χ2n) is 9.71. The Kier molecular flexibility index (Phi) is 5.70. The van der Waals surface area contributed by atoms with E-state index in [-0.39, 0.29) is 11.9 Å². The van der Waals surface area contributed by atoms with Crippen LogP contribution >= 0.6 is 0 Å². The second-order valence-corrected chi connectivity index (χ2v) is 11.7. The van der Waals surface area contributed by atoms with Gasteiger partial charge in [-0.3, -0.25) is 4.31 Å². The van der Waals surface area contributed by atoms with Gasteiger partial charge >= 0.3 is 0 Å². The number of nitriles is 1. The first-order valence-electron chi connectivity index (χ1n) is 12.5. The molecule has 1 atom stereocenters. The average molecular weight is 492 g/mol. The second kappa shape index (κ2) is 8.89. The van der Waals surface area contributed by atoms with Gasteiger partial charge in [0.05, 0.1) is 41.4 Å². The maximum atomic E-state index is 12.6. The number of hydrogen-bond donors (Lipinski definition) is 0. The van der Waals surface area contributed by atoms with E-state index in [0.717, 1.165) is 60.2 Å². The van der Waals surface area contributed by atoms with Crippen molar-refractivity contribution in [2.24, 2.45) is 0 Å². The van der Waals surface area contributed by atoms with Gasteiger partial charge < -0.3 is 14.0 Å². The van der Waals surface area contributed by atoms with Gasteiger partial charge in [-0.05, 0) is 61.9 Å². The molecule has 0 N–H and O–H groups in total. The van der Waals surface area contributed by atoms with Crippen molar-refractivity contribution in [2.45, 2.75) is 50.7 Å². The van der Waals surface area contributed by atoms with Crippen LogP contribution in [0, 0.1) is 11.3 Å². The molecule has 35 heavy (non-hydrogen) atoms. The molecule has 8 heteroatoms. The summed E-state index contributed by atoms with van der Waals surface area (Å²) < 4.78 is 40.6. The number of rotatable bonds is 5. The van der Waals surface area contributed by atoms with Crippen LogP contribution in [0.25, 0.3) is 22.2 Å². The molecule has 0 amide bonds. The monoisotopic (exact) mass is 491 g/mol. The molecule has 0 radical (unpaired) electrons. The van der Waals surface area contributed by atoms with Crippen molar-refractivity contribution < 1.29 is 17.9 Å². The number of aromatic nitrogens is 1. The van der Waals surface area contributed by atoms with Crippen LogP contribution in [-0.4, -0.2) is 44.6 Å². The van der Waals surface area contributed by atoms with Gasteiger partial charge in [-0.25, -0.2) is 8.42 Å². The molecule has 6 rings (SSSR count). The fourth-order valence-corrected chi connectivity index (χ4v) is 7.09. The van der Waals surface area contributed by atoms with E-state index in [2.05, 4.69) is 16.7 Å². The molecule has 1 aliphatic carbocycles. The molecule has 3 aliphatic rings. The first-order valence-corrected chi connectivity index (χ1v) is 14.1. The highest BCUT2D eigenvalue weighted by atomic mass is 32.2. The van der Waals surface area contributed by atoms with Gasteiger partial charge in [0.15, 0.2) is 0 Å². The molecule has 2 aliphatic heterocycles. The molecule has 1 saturated carbocycles. The number of fused-ring (bicyclic) bond motifs is 1. The van der Waals surface area contributed by atoms with Gasteiger partial charge in [0, 0.05) is 30.5 Å². The van der Waals surface area contributed by atoms with Gasteiger partial charge in [0.2, 0.25) is 10.0 Å². The van der Waals surface area contributed by atoms with Gasteiger partial charge in [0.1, 0.15) is 17.9 Å².